The topological polar surface area (TPSA) is 92.6 Å². The lowest BCUT2D eigenvalue weighted by Crippen LogP contribution is -2.40. The molecule has 0 aliphatic carbocycles. The molecule has 8 nitrogen and oxygen atoms in total. The predicted molar refractivity (Wildman–Crippen MR) is 114 cm³/mol. The highest BCUT2D eigenvalue weighted by atomic mass is 16.5. The summed E-state index contributed by atoms with van der Waals surface area (Å²) in [5, 5.41) is 14.3. The van der Waals surface area contributed by atoms with Gasteiger partial charge in [0.25, 0.3) is 0 Å². The van der Waals surface area contributed by atoms with Crippen LogP contribution in [0.15, 0.2) is 29.3 Å². The van der Waals surface area contributed by atoms with Gasteiger partial charge in [0.05, 0.1) is 18.8 Å². The van der Waals surface area contributed by atoms with Crippen LogP contribution in [0.25, 0.3) is 0 Å². The van der Waals surface area contributed by atoms with Crippen LogP contribution in [0.4, 0.5) is 5.69 Å². The van der Waals surface area contributed by atoms with E-state index in [0.717, 1.165) is 34.7 Å². The Morgan fingerprint density at radius 1 is 1.34 bits per heavy atom. The molecular weight excluding hydrogens is 368 g/mol. The SMILES string of the molecule is CN=C(NCc1c(C)nn(CCOC)c1C)NCC1CC(=O)Nc2ccccc21. The second-order valence-electron chi connectivity index (χ2n) is 7.21. The molecule has 8 heteroatoms. The summed E-state index contributed by atoms with van der Waals surface area (Å²) in [5.74, 6) is 0.865. The van der Waals surface area contributed by atoms with E-state index in [2.05, 4.69) is 39.0 Å². The van der Waals surface area contributed by atoms with Crippen molar-refractivity contribution in [3.63, 3.8) is 0 Å². The summed E-state index contributed by atoms with van der Waals surface area (Å²) in [5.41, 5.74) is 5.33. The number of benzene rings is 1. The molecule has 1 unspecified atom stereocenters. The molecule has 156 valence electrons. The molecule has 0 saturated carbocycles. The van der Waals surface area contributed by atoms with Crippen LogP contribution < -0.4 is 16.0 Å². The molecule has 0 bridgehead atoms. The molecule has 2 heterocycles. The standard InChI is InChI=1S/C21H30N6O2/c1-14-18(15(2)27(26-14)9-10-29-4)13-24-21(22-3)23-12-16-11-20(28)25-19-8-6-5-7-17(16)19/h5-8,16H,9-13H2,1-4H3,(H,25,28)(H2,22,23,24). The predicted octanol–water partition coefficient (Wildman–Crippen LogP) is 1.94. The maximum absolute atomic E-state index is 12.0. The summed E-state index contributed by atoms with van der Waals surface area (Å²) in [4.78, 5) is 16.3. The lowest BCUT2D eigenvalue weighted by Gasteiger charge is -2.26. The highest BCUT2D eigenvalue weighted by Crippen LogP contribution is 2.31. The number of guanidine groups is 1. The molecule has 1 aromatic heterocycles. The van der Waals surface area contributed by atoms with Gasteiger partial charge in [-0.05, 0) is 25.5 Å². The third-order valence-corrected chi connectivity index (χ3v) is 5.32. The fourth-order valence-corrected chi connectivity index (χ4v) is 3.68. The van der Waals surface area contributed by atoms with Crippen LogP contribution in [-0.4, -0.2) is 49.0 Å². The Hall–Kier alpha value is -2.87. The zero-order valence-corrected chi connectivity index (χ0v) is 17.6. The highest BCUT2D eigenvalue weighted by Gasteiger charge is 2.24. The third kappa shape index (κ3) is 4.95. The van der Waals surface area contributed by atoms with Gasteiger partial charge in [-0.2, -0.15) is 5.10 Å². The molecule has 1 aromatic carbocycles. The van der Waals surface area contributed by atoms with E-state index in [9.17, 15) is 4.79 Å². The summed E-state index contributed by atoms with van der Waals surface area (Å²) in [7, 11) is 3.44. The van der Waals surface area contributed by atoms with Crippen molar-refractivity contribution in [1.82, 2.24) is 20.4 Å². The number of aliphatic imine (C=N–C) groups is 1. The zero-order valence-electron chi connectivity index (χ0n) is 17.6. The number of fused-ring (bicyclic) bond motifs is 1. The average molecular weight is 399 g/mol. The summed E-state index contributed by atoms with van der Waals surface area (Å²) in [6.07, 6.45) is 0.464. The van der Waals surface area contributed by atoms with Crippen LogP contribution in [0.3, 0.4) is 0 Å². The quantitative estimate of drug-likeness (QED) is 0.490. The molecule has 29 heavy (non-hydrogen) atoms. The van der Waals surface area contributed by atoms with Gasteiger partial charge < -0.3 is 20.7 Å². The van der Waals surface area contributed by atoms with Crippen molar-refractivity contribution in [2.45, 2.75) is 39.3 Å². The van der Waals surface area contributed by atoms with E-state index < -0.39 is 0 Å². The molecule has 3 rings (SSSR count). The van der Waals surface area contributed by atoms with E-state index in [4.69, 9.17) is 4.74 Å². The van der Waals surface area contributed by atoms with E-state index in [1.54, 1.807) is 14.2 Å². The van der Waals surface area contributed by atoms with Crippen molar-refractivity contribution in [1.29, 1.82) is 0 Å². The molecule has 0 radical (unpaired) electrons. The van der Waals surface area contributed by atoms with E-state index in [1.807, 2.05) is 29.8 Å². The summed E-state index contributed by atoms with van der Waals surface area (Å²) in [6, 6.07) is 7.95. The second-order valence-corrected chi connectivity index (χ2v) is 7.21. The number of rotatable bonds is 7. The van der Waals surface area contributed by atoms with Crippen molar-refractivity contribution < 1.29 is 9.53 Å². The zero-order chi connectivity index (χ0) is 20.8. The number of hydrogen-bond acceptors (Lipinski definition) is 4. The fourth-order valence-electron chi connectivity index (χ4n) is 3.68. The van der Waals surface area contributed by atoms with Crippen LogP contribution in [0, 0.1) is 13.8 Å². The molecular formula is C21H30N6O2. The fraction of sp³-hybridized carbons (Fsp3) is 0.476. The Morgan fingerprint density at radius 2 is 2.14 bits per heavy atom. The summed E-state index contributed by atoms with van der Waals surface area (Å²) < 4.78 is 7.13. The van der Waals surface area contributed by atoms with E-state index in [1.165, 1.54) is 0 Å². The maximum Gasteiger partial charge on any atom is 0.225 e. The molecule has 2 aromatic rings. The van der Waals surface area contributed by atoms with Crippen LogP contribution in [-0.2, 0) is 22.6 Å². The van der Waals surface area contributed by atoms with Crippen molar-refractivity contribution in [2.75, 3.05) is 32.6 Å². The van der Waals surface area contributed by atoms with Gasteiger partial charge in [0, 0.05) is 56.5 Å². The van der Waals surface area contributed by atoms with E-state index in [0.29, 0.717) is 32.1 Å². The van der Waals surface area contributed by atoms with Crippen molar-refractivity contribution in [2.24, 2.45) is 4.99 Å². The maximum atomic E-state index is 12.0. The van der Waals surface area contributed by atoms with Gasteiger partial charge in [0.15, 0.2) is 5.96 Å². The van der Waals surface area contributed by atoms with Gasteiger partial charge in [0.2, 0.25) is 5.91 Å². The average Bonchev–Trinajstić information content (AvgIpc) is 2.99. The molecule has 1 atom stereocenters. The van der Waals surface area contributed by atoms with Crippen LogP contribution >= 0.6 is 0 Å². The summed E-state index contributed by atoms with van der Waals surface area (Å²) >= 11 is 0. The Labute approximate surface area is 171 Å². The molecule has 3 N–H and O–H groups in total. The number of nitrogens with zero attached hydrogens (tertiary/aromatic N) is 3. The van der Waals surface area contributed by atoms with Gasteiger partial charge in [-0.15, -0.1) is 0 Å². The van der Waals surface area contributed by atoms with Crippen molar-refractivity contribution >= 4 is 17.6 Å². The number of amides is 1. The number of aromatic nitrogens is 2. The summed E-state index contributed by atoms with van der Waals surface area (Å²) in [6.45, 7) is 6.72. The Kier molecular flexibility index (Phi) is 6.87. The number of hydrogen-bond donors (Lipinski definition) is 3. The number of methoxy groups -OCH3 is 1. The minimum Gasteiger partial charge on any atom is -0.383 e. The van der Waals surface area contributed by atoms with Gasteiger partial charge in [-0.1, -0.05) is 18.2 Å². The van der Waals surface area contributed by atoms with Crippen molar-refractivity contribution in [3.05, 3.63) is 46.8 Å². The Morgan fingerprint density at radius 3 is 2.90 bits per heavy atom. The van der Waals surface area contributed by atoms with Gasteiger partial charge in [-0.25, -0.2) is 0 Å². The lowest BCUT2D eigenvalue weighted by molar-refractivity contribution is -0.116. The lowest BCUT2D eigenvalue weighted by atomic mass is 9.90. The van der Waals surface area contributed by atoms with Crippen LogP contribution in [0.2, 0.25) is 0 Å². The molecule has 1 amide bonds. The number of carbonyl (C=O) groups excluding carboxylic acids is 1. The Balaban J connectivity index is 1.60. The smallest absolute Gasteiger partial charge is 0.225 e. The third-order valence-electron chi connectivity index (χ3n) is 5.32. The first-order valence-electron chi connectivity index (χ1n) is 9.88. The molecule has 1 aliphatic heterocycles. The Bertz CT molecular complexity index is 889. The molecule has 0 fully saturated rings. The van der Waals surface area contributed by atoms with E-state index >= 15 is 0 Å². The number of ether oxygens (including phenoxy) is 1. The number of aryl methyl sites for hydroxylation is 1. The monoisotopic (exact) mass is 398 g/mol. The highest BCUT2D eigenvalue weighted by molar-refractivity contribution is 5.94. The van der Waals surface area contributed by atoms with Crippen LogP contribution in [0.1, 0.15) is 34.9 Å². The number of nitrogens with one attached hydrogen (secondary N) is 3. The van der Waals surface area contributed by atoms with Gasteiger partial charge >= 0.3 is 0 Å². The normalized spacial score (nSPS) is 16.3. The second kappa shape index (κ2) is 9.56. The minimum absolute atomic E-state index is 0.0492. The van der Waals surface area contributed by atoms with E-state index in [-0.39, 0.29) is 11.8 Å². The first kappa shape index (κ1) is 20.9. The molecule has 0 saturated heterocycles. The minimum atomic E-state index is 0.0492. The first-order chi connectivity index (χ1) is 14.0. The van der Waals surface area contributed by atoms with Crippen molar-refractivity contribution in [3.8, 4) is 0 Å². The number of carbonyl (C=O) groups is 1. The number of para-hydroxylation sites is 1. The van der Waals surface area contributed by atoms with Crippen LogP contribution in [0.5, 0.6) is 0 Å². The number of anilines is 1. The van der Waals surface area contributed by atoms with Gasteiger partial charge in [0.1, 0.15) is 0 Å². The largest absolute Gasteiger partial charge is 0.383 e. The molecule has 0 spiro atoms. The molecule has 1 aliphatic rings. The first-order valence-corrected chi connectivity index (χ1v) is 9.88. The van der Waals surface area contributed by atoms with Gasteiger partial charge in [-0.3, -0.25) is 14.5 Å².